The average molecular weight is 2050 g/mol. The van der Waals surface area contributed by atoms with Gasteiger partial charge in [0.1, 0.15) is 39.2 Å². The Morgan fingerprint density at radius 3 is 0.705 bits per heavy atom. The molecular formula is C124H210O22. The van der Waals surface area contributed by atoms with Crippen molar-refractivity contribution in [2.45, 2.75) is 535 Å². The molecule has 29 unspecified atom stereocenters. The first kappa shape index (κ1) is 125. The summed E-state index contributed by atoms with van der Waals surface area (Å²) in [5, 5.41) is 8.70. The zero-order chi connectivity index (χ0) is 103. The van der Waals surface area contributed by atoms with Crippen molar-refractivity contribution in [3.05, 3.63) is 0 Å². The number of hydrogen-bond acceptors (Lipinski definition) is 21. The van der Waals surface area contributed by atoms with Crippen LogP contribution in [-0.2, 0) is 100 Å². The van der Waals surface area contributed by atoms with Crippen LogP contribution in [0.2, 0.25) is 0 Å². The van der Waals surface area contributed by atoms with Gasteiger partial charge in [-0.3, -0.25) is 57.5 Å². The summed E-state index contributed by atoms with van der Waals surface area (Å²) in [7, 11) is 0. The molecule has 1 N–H and O–H groups in total. The highest BCUT2D eigenvalue weighted by molar-refractivity contribution is 5.83. The minimum atomic E-state index is -0.614. The van der Waals surface area contributed by atoms with E-state index in [0.717, 1.165) is 212 Å². The molecule has 0 spiro atoms. The molecular weight excluding hydrogens is 1840 g/mol. The minimum Gasteiger partial charge on any atom is -0.481 e. The first-order valence-electron chi connectivity index (χ1n) is 58.4. The van der Waals surface area contributed by atoms with Crippen molar-refractivity contribution in [1.82, 2.24) is 0 Å². The summed E-state index contributed by atoms with van der Waals surface area (Å²) in [4.78, 5) is 134. The van der Waals surface area contributed by atoms with Crippen molar-refractivity contribution in [3.63, 3.8) is 0 Å². The van der Waals surface area contributed by atoms with Crippen molar-refractivity contribution in [2.24, 2.45) is 178 Å². The second-order valence-electron chi connectivity index (χ2n) is 51.4. The molecule has 23 rings (SSSR count). The number of esters is 11. The number of carboxylic acid groups (broad SMARTS) is 1. The molecule has 29 atom stereocenters. The van der Waals surface area contributed by atoms with E-state index in [2.05, 4.69) is 92.6 Å². The second-order valence-corrected chi connectivity index (χ2v) is 51.4. The van der Waals surface area contributed by atoms with E-state index in [-0.39, 0.29) is 134 Å². The third-order valence-electron chi connectivity index (χ3n) is 40.9. The highest BCUT2D eigenvalue weighted by Gasteiger charge is 2.64. The van der Waals surface area contributed by atoms with Crippen molar-refractivity contribution in [3.8, 4) is 0 Å². The molecule has 0 amide bonds. The SMILES string of the molecule is C.C.C.C.CC(=O)OC(C)=O.CC(=O)OC(C)=O.CC1CC(C)C(C(=O)O)C1.CCC(=O)OC1(CC)CC2CC1C1CCCC21.CCC(=O)OC1(CC)CC2CCC1C2.CCC(=O)OC12CC3CC(CC(C3)C1)C2.CCC(=O)OC12CC3CC(CC(C3)C1)C2.CCC1(OC(=O)C2CC(C)CC2C)CC2CCC1C2.CCC1(OC(=O)C2CC(C)CC2C)CC2CCC1C2.CCC1(OC(=O)C2CC(C)CC2C)CC2CCC1C2. The first-order chi connectivity index (χ1) is 67.2. The van der Waals surface area contributed by atoms with Crippen LogP contribution in [0, 0.1) is 178 Å². The van der Waals surface area contributed by atoms with Crippen LogP contribution in [0.5, 0.6) is 0 Å². The lowest BCUT2D eigenvalue weighted by molar-refractivity contribution is -0.187. The average Bonchev–Trinajstić information content (AvgIpc) is 1.58. The molecule has 18 bridgehead atoms. The third kappa shape index (κ3) is 30.6. The van der Waals surface area contributed by atoms with Gasteiger partial charge in [0.2, 0.25) is 0 Å². The fourth-order valence-corrected chi connectivity index (χ4v) is 35.2. The topological polar surface area (TPSA) is 308 Å². The van der Waals surface area contributed by atoms with Gasteiger partial charge < -0.3 is 47.7 Å². The van der Waals surface area contributed by atoms with E-state index < -0.39 is 29.8 Å². The maximum Gasteiger partial charge on any atom is 0.310 e. The van der Waals surface area contributed by atoms with Crippen LogP contribution in [0.3, 0.4) is 0 Å². The van der Waals surface area contributed by atoms with Crippen LogP contribution in [-0.4, -0.2) is 116 Å². The summed E-state index contributed by atoms with van der Waals surface area (Å²) >= 11 is 0. The number of carboxylic acids is 1. The molecule has 0 aromatic rings. The summed E-state index contributed by atoms with van der Waals surface area (Å²) in [5.74, 6) is 17.0. The molecule has 0 saturated heterocycles. The standard InChI is InChI=1S/3C17H28O2.C15H24O2.2C13H20O2.C12H20O2.C8H14O2.2C4H6O3.4CH4/c3*1-4-17(10-13-5-6-14(17)9-13)19-16(18)15-8-11(2)7-12(15)3;1-3-14(16)17-15(4-2)9-10-8-13(15)12-7-5-6-11(10)12;2*1-2-12(14)15-13-6-9-3-10(7-13)5-11(4-9)8-13;1-3-11(13)14-12(4-2)8-9-5-6-10(12)7-9;1-5-3-6(2)7(4-5)8(9)10;2*1-3(5)7-4(2)6;;;;/h3*11-15H,4-10H2,1-3H3;10-13H,3-9H2,1-2H3;2*9-11H,2-8H2,1H3;9-10H,3-8H2,1-2H3;5-7H,3-4H2,1-2H3,(H,9,10);2*1-2H3;4*1H4. The molecule has 23 aliphatic carbocycles. The summed E-state index contributed by atoms with van der Waals surface area (Å²) in [5.41, 5.74) is -0.481. The van der Waals surface area contributed by atoms with Gasteiger partial charge in [-0.05, 0) is 437 Å². The van der Waals surface area contributed by atoms with Crippen molar-refractivity contribution < 1.29 is 105 Å². The first-order valence-corrected chi connectivity index (χ1v) is 58.4. The summed E-state index contributed by atoms with van der Waals surface area (Å²) in [6.07, 6.45) is 58.1. The maximum atomic E-state index is 12.6. The molecule has 0 heterocycles. The van der Waals surface area contributed by atoms with Gasteiger partial charge >= 0.3 is 71.6 Å². The molecule has 0 radical (unpaired) electrons. The van der Waals surface area contributed by atoms with E-state index in [1.165, 1.54) is 188 Å². The Hall–Kier alpha value is -5.96. The van der Waals surface area contributed by atoms with E-state index in [0.29, 0.717) is 103 Å². The lowest BCUT2D eigenvalue weighted by Crippen LogP contribution is -2.52. The number of rotatable bonds is 20. The Balaban J connectivity index is 0.000000200. The van der Waals surface area contributed by atoms with E-state index in [4.69, 9.17) is 38.3 Å². The summed E-state index contributed by atoms with van der Waals surface area (Å²) < 4.78 is 49.5. The lowest BCUT2D eigenvalue weighted by atomic mass is 9.54. The van der Waals surface area contributed by atoms with Crippen LogP contribution in [0.4, 0.5) is 0 Å². The Bertz CT molecular complexity index is 3920. The Kier molecular flexibility index (Phi) is 46.5. The van der Waals surface area contributed by atoms with E-state index in [1.54, 1.807) is 0 Å². The molecule has 23 saturated carbocycles. The quantitative estimate of drug-likeness (QED) is 0.0672. The van der Waals surface area contributed by atoms with Crippen molar-refractivity contribution in [1.29, 1.82) is 0 Å². The third-order valence-corrected chi connectivity index (χ3v) is 40.9. The highest BCUT2D eigenvalue weighted by atomic mass is 16.6. The van der Waals surface area contributed by atoms with Crippen LogP contribution < -0.4 is 0 Å². The fourth-order valence-electron chi connectivity index (χ4n) is 35.2. The van der Waals surface area contributed by atoms with Gasteiger partial charge in [-0.15, -0.1) is 0 Å². The molecule has 0 aliphatic heterocycles. The van der Waals surface area contributed by atoms with E-state index >= 15 is 0 Å². The van der Waals surface area contributed by atoms with Gasteiger partial charge in [-0.25, -0.2) is 0 Å². The molecule has 22 heteroatoms. The summed E-state index contributed by atoms with van der Waals surface area (Å²) in [6, 6.07) is 0. The number of carbonyl (C=O) groups excluding carboxylic acids is 11. The smallest absolute Gasteiger partial charge is 0.310 e. The molecule has 22 nitrogen and oxygen atoms in total. The largest absolute Gasteiger partial charge is 0.481 e. The Labute approximate surface area is 884 Å². The number of hydrogen-bond donors (Lipinski definition) is 1. The molecule has 838 valence electrons. The second kappa shape index (κ2) is 54.2. The molecule has 146 heavy (non-hydrogen) atoms. The van der Waals surface area contributed by atoms with Crippen LogP contribution in [0.25, 0.3) is 0 Å². The van der Waals surface area contributed by atoms with Gasteiger partial charge in [0, 0.05) is 59.3 Å². The monoisotopic (exact) mass is 2050 g/mol. The predicted molar refractivity (Wildman–Crippen MR) is 573 cm³/mol. The van der Waals surface area contributed by atoms with Gasteiger partial charge in [0.15, 0.2) is 0 Å². The van der Waals surface area contributed by atoms with Crippen molar-refractivity contribution in [2.75, 3.05) is 0 Å². The van der Waals surface area contributed by atoms with Gasteiger partial charge in [0.05, 0.1) is 23.7 Å². The molecule has 0 aromatic carbocycles. The predicted octanol–water partition coefficient (Wildman–Crippen LogP) is 29.3. The van der Waals surface area contributed by atoms with Gasteiger partial charge in [0.25, 0.3) is 0 Å². The van der Waals surface area contributed by atoms with Gasteiger partial charge in [-0.2, -0.15) is 0 Å². The van der Waals surface area contributed by atoms with Crippen molar-refractivity contribution >= 4 is 71.6 Å². The number of ether oxygens (including phenoxy) is 9. The Morgan fingerprint density at radius 2 is 0.500 bits per heavy atom. The normalized spacial score (nSPS) is 41.5. The minimum absolute atomic E-state index is 0. The molecule has 23 aliphatic rings. The van der Waals surface area contributed by atoms with E-state index in [9.17, 15) is 57.5 Å². The van der Waals surface area contributed by atoms with Gasteiger partial charge in [-0.1, -0.05) is 154 Å². The Morgan fingerprint density at radius 1 is 0.253 bits per heavy atom. The highest BCUT2D eigenvalue weighted by Crippen LogP contribution is 2.66. The lowest BCUT2D eigenvalue weighted by Gasteiger charge is -2.55. The zero-order valence-electron chi connectivity index (χ0n) is 92.2. The molecule has 0 aromatic heterocycles. The zero-order valence-corrected chi connectivity index (χ0v) is 92.2. The summed E-state index contributed by atoms with van der Waals surface area (Å²) in [6.45, 7) is 40.8. The number of carbonyl (C=O) groups is 12. The number of fused-ring (bicyclic) bond motifs is 13. The van der Waals surface area contributed by atoms with Crippen LogP contribution >= 0.6 is 0 Å². The fraction of sp³-hybridized carbons (Fsp3) is 0.903. The molecule has 23 fully saturated rings. The van der Waals surface area contributed by atoms with Crippen LogP contribution in [0.1, 0.15) is 496 Å². The van der Waals surface area contributed by atoms with Crippen LogP contribution in [0.15, 0.2) is 0 Å². The van der Waals surface area contributed by atoms with E-state index in [1.807, 2.05) is 34.6 Å². The number of aliphatic carboxylic acids is 1. The maximum absolute atomic E-state index is 12.6.